The summed E-state index contributed by atoms with van der Waals surface area (Å²) in [6, 6.07) is 7.76. The van der Waals surface area contributed by atoms with Crippen molar-refractivity contribution in [3.8, 4) is 11.6 Å². The molecular formula is C14H14N2O4. The molecule has 2 aromatic rings. The predicted molar refractivity (Wildman–Crippen MR) is 71.2 cm³/mol. The van der Waals surface area contributed by atoms with Gasteiger partial charge in [-0.2, -0.15) is 5.10 Å². The molecule has 0 aliphatic rings. The van der Waals surface area contributed by atoms with Crippen molar-refractivity contribution in [3.63, 3.8) is 0 Å². The Labute approximate surface area is 115 Å². The van der Waals surface area contributed by atoms with Gasteiger partial charge in [0.25, 0.3) is 0 Å². The number of aromatic hydroxyl groups is 1. The van der Waals surface area contributed by atoms with Crippen LogP contribution in [0.3, 0.4) is 0 Å². The molecule has 1 aromatic carbocycles. The zero-order valence-corrected chi connectivity index (χ0v) is 11.2. The normalized spacial score (nSPS) is 10.3. The minimum Gasteiger partial charge on any atom is -0.493 e. The van der Waals surface area contributed by atoms with Crippen LogP contribution in [0.5, 0.6) is 5.88 Å². The Bertz CT molecular complexity index is 644. The summed E-state index contributed by atoms with van der Waals surface area (Å²) >= 11 is 0. The van der Waals surface area contributed by atoms with E-state index in [1.165, 1.54) is 17.7 Å². The number of benzene rings is 1. The molecule has 0 amide bonds. The third-order valence-electron chi connectivity index (χ3n) is 2.69. The summed E-state index contributed by atoms with van der Waals surface area (Å²) in [5, 5.41) is 13.8. The summed E-state index contributed by atoms with van der Waals surface area (Å²) in [7, 11) is 0. The first-order valence-electron chi connectivity index (χ1n) is 6.10. The molecule has 1 aromatic heterocycles. The second kappa shape index (κ2) is 5.56. The largest absolute Gasteiger partial charge is 0.493 e. The highest BCUT2D eigenvalue weighted by Gasteiger charge is 2.15. The van der Waals surface area contributed by atoms with Crippen LogP contribution in [0, 0.1) is 0 Å². The summed E-state index contributed by atoms with van der Waals surface area (Å²) in [5.41, 5.74) is 1.13. The first kappa shape index (κ1) is 13.8. The van der Waals surface area contributed by atoms with E-state index in [9.17, 15) is 14.7 Å². The Morgan fingerprint density at radius 3 is 2.50 bits per heavy atom. The van der Waals surface area contributed by atoms with E-state index in [1.807, 2.05) is 0 Å². The van der Waals surface area contributed by atoms with Gasteiger partial charge in [-0.25, -0.2) is 9.48 Å². The molecule has 0 atom stereocenters. The Morgan fingerprint density at radius 1 is 1.30 bits per heavy atom. The smallest absolute Gasteiger partial charge is 0.358 e. The molecule has 104 valence electrons. The van der Waals surface area contributed by atoms with Crippen LogP contribution in [-0.2, 0) is 4.74 Å². The number of ketones is 1. The molecule has 0 saturated heterocycles. The van der Waals surface area contributed by atoms with E-state index in [2.05, 4.69) is 5.10 Å². The standard InChI is InChI=1S/C14H14N2O4/c1-3-20-14(19)12-8-13(18)16(15-12)11-6-4-10(5-7-11)9(2)17/h4-8,18H,3H2,1-2H3. The molecule has 0 aliphatic heterocycles. The number of ether oxygens (including phenoxy) is 1. The molecule has 6 nitrogen and oxygen atoms in total. The quantitative estimate of drug-likeness (QED) is 0.680. The summed E-state index contributed by atoms with van der Waals surface area (Å²) < 4.78 is 6.02. The van der Waals surface area contributed by atoms with Crippen molar-refractivity contribution >= 4 is 11.8 Å². The van der Waals surface area contributed by atoms with Gasteiger partial charge >= 0.3 is 5.97 Å². The number of aromatic nitrogens is 2. The van der Waals surface area contributed by atoms with Crippen molar-refractivity contribution in [2.75, 3.05) is 6.61 Å². The van der Waals surface area contributed by atoms with Crippen molar-refractivity contribution in [1.82, 2.24) is 9.78 Å². The fourth-order valence-electron chi connectivity index (χ4n) is 1.70. The number of hydrogen-bond donors (Lipinski definition) is 1. The molecule has 0 radical (unpaired) electrons. The van der Waals surface area contributed by atoms with Gasteiger partial charge in [0.05, 0.1) is 12.3 Å². The van der Waals surface area contributed by atoms with Gasteiger partial charge in [0.15, 0.2) is 11.5 Å². The van der Waals surface area contributed by atoms with Crippen LogP contribution >= 0.6 is 0 Å². The van der Waals surface area contributed by atoms with E-state index in [1.54, 1.807) is 31.2 Å². The molecule has 0 bridgehead atoms. The van der Waals surface area contributed by atoms with E-state index >= 15 is 0 Å². The van der Waals surface area contributed by atoms with Gasteiger partial charge in [-0.1, -0.05) is 0 Å². The summed E-state index contributed by atoms with van der Waals surface area (Å²) in [4.78, 5) is 22.7. The maximum Gasteiger partial charge on any atom is 0.358 e. The minimum atomic E-state index is -0.595. The number of Topliss-reactive ketones (excluding diaryl/α,β-unsaturated/α-hetero) is 1. The molecular weight excluding hydrogens is 260 g/mol. The third kappa shape index (κ3) is 2.69. The van der Waals surface area contributed by atoms with E-state index in [4.69, 9.17) is 4.74 Å². The van der Waals surface area contributed by atoms with Crippen molar-refractivity contribution in [2.45, 2.75) is 13.8 Å². The second-order valence-corrected chi connectivity index (χ2v) is 4.12. The number of hydrogen-bond acceptors (Lipinski definition) is 5. The fraction of sp³-hybridized carbons (Fsp3) is 0.214. The molecule has 1 heterocycles. The highest BCUT2D eigenvalue weighted by molar-refractivity contribution is 5.94. The summed E-state index contributed by atoms with van der Waals surface area (Å²) in [6.07, 6.45) is 0. The Balaban J connectivity index is 2.33. The summed E-state index contributed by atoms with van der Waals surface area (Å²) in [6.45, 7) is 3.40. The van der Waals surface area contributed by atoms with Crippen LogP contribution in [0.15, 0.2) is 30.3 Å². The van der Waals surface area contributed by atoms with Crippen molar-refractivity contribution in [1.29, 1.82) is 0 Å². The van der Waals surface area contributed by atoms with E-state index in [0.717, 1.165) is 0 Å². The van der Waals surface area contributed by atoms with Crippen LogP contribution in [0.25, 0.3) is 5.69 Å². The molecule has 0 saturated carbocycles. The van der Waals surface area contributed by atoms with Gasteiger partial charge in [-0.15, -0.1) is 0 Å². The number of carbonyl (C=O) groups is 2. The maximum atomic E-state index is 11.5. The van der Waals surface area contributed by atoms with Crippen LogP contribution in [0.4, 0.5) is 0 Å². The lowest BCUT2D eigenvalue weighted by Gasteiger charge is -2.03. The lowest BCUT2D eigenvalue weighted by atomic mass is 10.1. The number of carbonyl (C=O) groups excluding carboxylic acids is 2. The van der Waals surface area contributed by atoms with Gasteiger partial charge in [-0.3, -0.25) is 4.79 Å². The van der Waals surface area contributed by atoms with Crippen molar-refractivity contribution in [3.05, 3.63) is 41.6 Å². The average Bonchev–Trinajstić information content (AvgIpc) is 2.81. The maximum absolute atomic E-state index is 11.5. The highest BCUT2D eigenvalue weighted by Crippen LogP contribution is 2.19. The van der Waals surface area contributed by atoms with E-state index in [-0.39, 0.29) is 24.0 Å². The van der Waals surface area contributed by atoms with Gasteiger partial charge in [0.1, 0.15) is 0 Å². The average molecular weight is 274 g/mol. The van der Waals surface area contributed by atoms with Crippen LogP contribution in [-0.4, -0.2) is 33.2 Å². The molecule has 0 unspecified atom stereocenters. The zero-order valence-electron chi connectivity index (χ0n) is 11.2. The molecule has 20 heavy (non-hydrogen) atoms. The monoisotopic (exact) mass is 274 g/mol. The molecule has 2 rings (SSSR count). The number of esters is 1. The van der Waals surface area contributed by atoms with Crippen molar-refractivity contribution < 1.29 is 19.4 Å². The lowest BCUT2D eigenvalue weighted by molar-refractivity contribution is 0.0518. The molecule has 0 fully saturated rings. The number of nitrogens with zero attached hydrogens (tertiary/aromatic N) is 2. The first-order valence-corrected chi connectivity index (χ1v) is 6.10. The van der Waals surface area contributed by atoms with Crippen LogP contribution in [0.1, 0.15) is 34.7 Å². The van der Waals surface area contributed by atoms with Gasteiger partial charge < -0.3 is 9.84 Å². The third-order valence-corrected chi connectivity index (χ3v) is 2.69. The van der Waals surface area contributed by atoms with E-state index < -0.39 is 5.97 Å². The Kier molecular flexibility index (Phi) is 3.84. The van der Waals surface area contributed by atoms with Gasteiger partial charge in [0, 0.05) is 11.6 Å². The Hall–Kier alpha value is -2.63. The number of rotatable bonds is 4. The molecule has 0 aliphatic carbocycles. The van der Waals surface area contributed by atoms with Gasteiger partial charge in [-0.05, 0) is 38.1 Å². The van der Waals surface area contributed by atoms with Crippen molar-refractivity contribution in [2.24, 2.45) is 0 Å². The first-order chi connectivity index (χ1) is 9.52. The molecule has 1 N–H and O–H groups in total. The lowest BCUT2D eigenvalue weighted by Crippen LogP contribution is -2.06. The topological polar surface area (TPSA) is 81.4 Å². The van der Waals surface area contributed by atoms with E-state index in [0.29, 0.717) is 11.3 Å². The molecule has 0 spiro atoms. The molecule has 6 heteroatoms. The summed E-state index contributed by atoms with van der Waals surface area (Å²) in [5.74, 6) is -0.820. The van der Waals surface area contributed by atoms with Crippen LogP contribution < -0.4 is 0 Å². The Morgan fingerprint density at radius 2 is 1.95 bits per heavy atom. The van der Waals surface area contributed by atoms with Crippen LogP contribution in [0.2, 0.25) is 0 Å². The predicted octanol–water partition coefficient (Wildman–Crippen LogP) is 1.96. The fourth-order valence-corrected chi connectivity index (χ4v) is 1.70. The highest BCUT2D eigenvalue weighted by atomic mass is 16.5. The minimum absolute atomic E-state index is 0.0278. The van der Waals surface area contributed by atoms with Gasteiger partial charge in [0.2, 0.25) is 5.88 Å². The zero-order chi connectivity index (χ0) is 14.7. The second-order valence-electron chi connectivity index (χ2n) is 4.12. The SMILES string of the molecule is CCOC(=O)c1cc(O)n(-c2ccc(C(C)=O)cc2)n1.